The molecule has 1 heterocycles. The first-order valence-electron chi connectivity index (χ1n) is 12.4. The van der Waals surface area contributed by atoms with E-state index in [1.807, 2.05) is 26.2 Å². The Morgan fingerprint density at radius 1 is 0.600 bits per heavy atom. The van der Waals surface area contributed by atoms with Crippen LogP contribution in [0.15, 0.2) is 36.4 Å². The van der Waals surface area contributed by atoms with Gasteiger partial charge < -0.3 is 22.1 Å². The molecule has 1 aromatic heterocycles. The van der Waals surface area contributed by atoms with E-state index in [0.717, 1.165) is 46.3 Å². The van der Waals surface area contributed by atoms with E-state index in [0.29, 0.717) is 11.4 Å². The van der Waals surface area contributed by atoms with E-state index in [2.05, 4.69) is 62.6 Å². The van der Waals surface area contributed by atoms with Crippen LogP contribution in [0.3, 0.4) is 0 Å². The van der Waals surface area contributed by atoms with Gasteiger partial charge in [-0.15, -0.1) is 0 Å². The molecule has 3 aromatic carbocycles. The second-order valence-electron chi connectivity index (χ2n) is 11.7. The summed E-state index contributed by atoms with van der Waals surface area (Å²) in [4.78, 5) is 9.94. The molecule has 0 saturated carbocycles. The highest BCUT2D eigenvalue weighted by Crippen LogP contribution is 2.63. The minimum Gasteiger partial charge on any atom is -0.397 e. The van der Waals surface area contributed by atoms with Gasteiger partial charge in [0.25, 0.3) is 0 Å². The average molecular weight is 467 g/mol. The molecule has 1 atom stereocenters. The molecule has 0 fully saturated rings. The van der Waals surface area contributed by atoms with Crippen molar-refractivity contribution in [2.45, 2.75) is 56.8 Å². The van der Waals surface area contributed by atoms with Crippen LogP contribution in [-0.4, -0.2) is 24.1 Å². The Labute approximate surface area is 206 Å². The van der Waals surface area contributed by atoms with Crippen LogP contribution < -0.4 is 22.1 Å². The molecule has 1 spiro atoms. The second-order valence-corrected chi connectivity index (χ2v) is 11.7. The molecule has 0 radical (unpaired) electrons. The van der Waals surface area contributed by atoms with Crippen LogP contribution in [0.5, 0.6) is 0 Å². The van der Waals surface area contributed by atoms with Gasteiger partial charge in [0.1, 0.15) is 0 Å². The number of aromatic nitrogens is 2. The zero-order chi connectivity index (χ0) is 24.9. The molecule has 6 nitrogen and oxygen atoms in total. The van der Waals surface area contributed by atoms with Gasteiger partial charge in [0.15, 0.2) is 0 Å². The summed E-state index contributed by atoms with van der Waals surface area (Å²) in [5.74, 6) is 0. The largest absolute Gasteiger partial charge is 0.397 e. The normalized spacial score (nSPS) is 21.4. The molecule has 0 aliphatic heterocycles. The summed E-state index contributed by atoms with van der Waals surface area (Å²) in [6.07, 6.45) is 2.13. The van der Waals surface area contributed by atoms with Gasteiger partial charge in [-0.1, -0.05) is 27.7 Å². The van der Waals surface area contributed by atoms with Crippen LogP contribution in [0.1, 0.15) is 62.8 Å². The van der Waals surface area contributed by atoms with Crippen LogP contribution in [0.2, 0.25) is 0 Å². The van der Waals surface area contributed by atoms with Gasteiger partial charge in [0.2, 0.25) is 0 Å². The smallest absolute Gasteiger partial charge is 0.0916 e. The fourth-order valence-corrected chi connectivity index (χ4v) is 7.02. The fraction of sp³-hybridized carbons (Fsp3) is 0.379. The summed E-state index contributed by atoms with van der Waals surface area (Å²) >= 11 is 0. The molecule has 0 amide bonds. The van der Waals surface area contributed by atoms with Gasteiger partial charge in [0.05, 0.1) is 44.8 Å². The number of nitrogens with two attached hydrogens (primary N) is 2. The molecular weight excluding hydrogens is 432 g/mol. The van der Waals surface area contributed by atoms with Gasteiger partial charge in [0, 0.05) is 19.5 Å². The number of rotatable bonds is 2. The van der Waals surface area contributed by atoms with E-state index < -0.39 is 0 Å². The summed E-state index contributed by atoms with van der Waals surface area (Å²) in [5.41, 5.74) is 24.5. The third-order valence-electron chi connectivity index (χ3n) is 8.45. The molecule has 0 saturated heterocycles. The Morgan fingerprint density at radius 3 is 1.46 bits per heavy atom. The molecular formula is C29H34N6. The van der Waals surface area contributed by atoms with E-state index in [1.165, 1.54) is 22.3 Å². The van der Waals surface area contributed by atoms with E-state index in [1.54, 1.807) is 0 Å². The lowest BCUT2D eigenvalue weighted by Crippen LogP contribution is -2.27. The third kappa shape index (κ3) is 2.89. The van der Waals surface area contributed by atoms with Gasteiger partial charge >= 0.3 is 0 Å². The number of hydrogen-bond acceptors (Lipinski definition) is 6. The lowest BCUT2D eigenvalue weighted by Gasteiger charge is -2.30. The van der Waals surface area contributed by atoms with Crippen LogP contribution in [-0.2, 0) is 16.2 Å². The van der Waals surface area contributed by atoms with Crippen molar-refractivity contribution >= 4 is 44.8 Å². The number of benzene rings is 3. The maximum atomic E-state index is 6.08. The maximum absolute atomic E-state index is 6.08. The van der Waals surface area contributed by atoms with Crippen molar-refractivity contribution in [1.82, 2.24) is 9.97 Å². The highest BCUT2D eigenvalue weighted by molar-refractivity contribution is 5.92. The Morgan fingerprint density at radius 2 is 0.971 bits per heavy atom. The molecule has 2 aliphatic rings. The summed E-state index contributed by atoms with van der Waals surface area (Å²) in [5, 5.41) is 6.79. The van der Waals surface area contributed by atoms with Crippen molar-refractivity contribution in [2.24, 2.45) is 0 Å². The van der Waals surface area contributed by atoms with Crippen molar-refractivity contribution in [3.05, 3.63) is 58.7 Å². The minimum absolute atomic E-state index is 0.0134. The van der Waals surface area contributed by atoms with Crippen molar-refractivity contribution in [3.63, 3.8) is 0 Å². The number of nitrogens with one attached hydrogen (secondary N) is 2. The predicted molar refractivity (Wildman–Crippen MR) is 147 cm³/mol. The quantitative estimate of drug-likeness (QED) is 0.224. The monoisotopic (exact) mass is 466 g/mol. The van der Waals surface area contributed by atoms with Crippen molar-refractivity contribution in [1.29, 1.82) is 0 Å². The number of fused-ring (bicyclic) bond motifs is 6. The van der Waals surface area contributed by atoms with Gasteiger partial charge in [-0.05, 0) is 82.3 Å². The first-order valence-corrected chi connectivity index (χ1v) is 12.4. The summed E-state index contributed by atoms with van der Waals surface area (Å²) < 4.78 is 0. The lowest BCUT2D eigenvalue weighted by molar-refractivity contribution is 0.350. The zero-order valence-electron chi connectivity index (χ0n) is 21.4. The second kappa shape index (κ2) is 6.78. The Bertz CT molecular complexity index is 1550. The van der Waals surface area contributed by atoms with Crippen LogP contribution in [0, 0.1) is 0 Å². The highest BCUT2D eigenvalue weighted by Gasteiger charge is 2.56. The molecule has 2 aliphatic carbocycles. The molecule has 4 aromatic rings. The van der Waals surface area contributed by atoms with Crippen molar-refractivity contribution in [2.75, 3.05) is 36.2 Å². The molecule has 180 valence electrons. The number of nitrogens with zero attached hydrogens (tertiary/aromatic N) is 2. The first kappa shape index (κ1) is 22.0. The van der Waals surface area contributed by atoms with Crippen LogP contribution >= 0.6 is 0 Å². The predicted octanol–water partition coefficient (Wildman–Crippen LogP) is 5.68. The van der Waals surface area contributed by atoms with E-state index in [9.17, 15) is 0 Å². The molecule has 6 N–H and O–H groups in total. The van der Waals surface area contributed by atoms with Gasteiger partial charge in [-0.25, -0.2) is 9.97 Å². The number of nitrogen functional groups attached to an aromatic ring is 2. The fourth-order valence-electron chi connectivity index (χ4n) is 7.02. The summed E-state index contributed by atoms with van der Waals surface area (Å²) in [6.45, 7) is 9.49. The van der Waals surface area contributed by atoms with Crippen molar-refractivity contribution < 1.29 is 0 Å². The van der Waals surface area contributed by atoms with Crippen LogP contribution in [0.4, 0.5) is 22.7 Å². The van der Waals surface area contributed by atoms with Crippen LogP contribution in [0.25, 0.3) is 22.1 Å². The minimum atomic E-state index is -0.0689. The average Bonchev–Trinajstić information content (AvgIpc) is 3.15. The number of hydrogen-bond donors (Lipinski definition) is 4. The third-order valence-corrected chi connectivity index (χ3v) is 8.45. The van der Waals surface area contributed by atoms with E-state index in [4.69, 9.17) is 21.4 Å². The molecule has 6 heteroatoms. The molecule has 35 heavy (non-hydrogen) atoms. The van der Waals surface area contributed by atoms with Gasteiger partial charge in [-0.3, -0.25) is 0 Å². The topological polar surface area (TPSA) is 102 Å². The summed E-state index contributed by atoms with van der Waals surface area (Å²) in [7, 11) is 3.98. The highest BCUT2D eigenvalue weighted by atomic mass is 14.9. The molecule has 0 bridgehead atoms. The van der Waals surface area contributed by atoms with E-state index in [-0.39, 0.29) is 16.2 Å². The van der Waals surface area contributed by atoms with Crippen molar-refractivity contribution in [3.8, 4) is 0 Å². The molecule has 6 rings (SSSR count). The maximum Gasteiger partial charge on any atom is 0.0916 e. The Balaban J connectivity index is 1.66. The lowest BCUT2D eigenvalue weighted by atomic mass is 9.72. The zero-order valence-corrected chi connectivity index (χ0v) is 21.4. The molecule has 1 unspecified atom stereocenters. The standard InChI is InChI=1S/C29H34N6/c1-27(2)13-29(17-9-22(33-6)21(32-5)7-15(17)27)14-28(3,4)16-8-23-24(10-18(16)29)35-26-12-20(31)19(30)11-25(26)34-23/h7-12,32-33H,13-14,30-31H2,1-6H3. The Kier molecular flexibility index (Phi) is 4.25. The first-order chi connectivity index (χ1) is 16.5. The SMILES string of the molecule is CNc1cc2c(cc1NC)C1(CC2(C)C)CC(C)(C)c2cc3nc4cc(N)c(N)cc4nc3cc21. The Hall–Kier alpha value is -3.54. The van der Waals surface area contributed by atoms with E-state index >= 15 is 0 Å². The summed E-state index contributed by atoms with van der Waals surface area (Å²) in [6, 6.07) is 12.9. The number of anilines is 4. The van der Waals surface area contributed by atoms with Gasteiger partial charge in [-0.2, -0.15) is 0 Å².